The van der Waals surface area contributed by atoms with Crippen LogP contribution in [-0.2, 0) is 17.8 Å². The molecule has 190 valence electrons. The summed E-state index contributed by atoms with van der Waals surface area (Å²) < 4.78 is 9.43. The fraction of sp³-hybridized carbons (Fsp3) is 0.296. The molecule has 5 rings (SSSR count). The molecule has 1 amide bonds. The van der Waals surface area contributed by atoms with Crippen LogP contribution in [0.4, 0.5) is 10.6 Å². The van der Waals surface area contributed by atoms with E-state index in [-0.39, 0.29) is 0 Å². The van der Waals surface area contributed by atoms with E-state index in [4.69, 9.17) is 10.5 Å². The first-order valence-corrected chi connectivity index (χ1v) is 12.4. The third-order valence-corrected chi connectivity index (χ3v) is 6.18. The molecule has 37 heavy (non-hydrogen) atoms. The van der Waals surface area contributed by atoms with Gasteiger partial charge in [0.1, 0.15) is 5.52 Å². The lowest BCUT2D eigenvalue weighted by atomic mass is 10.2. The molecule has 5 aromatic rings. The van der Waals surface area contributed by atoms with Gasteiger partial charge < -0.3 is 24.9 Å². The number of nitrogen functional groups attached to an aromatic ring is 1. The van der Waals surface area contributed by atoms with Gasteiger partial charge in [-0.25, -0.2) is 24.7 Å². The number of aromatic nitrogens is 6. The number of ether oxygens (including phenoxy) is 1. The molecule has 2 aromatic carbocycles. The van der Waals surface area contributed by atoms with Crippen LogP contribution >= 0.6 is 0 Å². The van der Waals surface area contributed by atoms with Crippen LogP contribution in [0.2, 0.25) is 0 Å². The number of aryl methyl sites for hydroxylation is 1. The minimum atomic E-state index is -0.432. The van der Waals surface area contributed by atoms with Crippen LogP contribution in [0.5, 0.6) is 0 Å². The number of hydrogen-bond donors (Lipinski definition) is 2. The van der Waals surface area contributed by atoms with Gasteiger partial charge in [0, 0.05) is 24.7 Å². The summed E-state index contributed by atoms with van der Waals surface area (Å²) in [4.78, 5) is 30.1. The molecule has 0 radical (unpaired) electrons. The molecule has 0 atom stereocenters. The number of amides is 1. The Labute approximate surface area is 214 Å². The second-order valence-electron chi connectivity index (χ2n) is 9.17. The number of imidazole rings is 2. The fourth-order valence-corrected chi connectivity index (χ4v) is 4.21. The van der Waals surface area contributed by atoms with Crippen molar-refractivity contribution in [3.8, 4) is 11.4 Å². The van der Waals surface area contributed by atoms with Gasteiger partial charge in [0.2, 0.25) is 0 Å². The Morgan fingerprint density at radius 2 is 1.89 bits per heavy atom. The maximum Gasteiger partial charge on any atom is 0.407 e. The Kier molecular flexibility index (Phi) is 6.98. The summed E-state index contributed by atoms with van der Waals surface area (Å²) in [6.45, 7) is 5.62. The van der Waals surface area contributed by atoms with Gasteiger partial charge in [-0.3, -0.25) is 0 Å². The number of alkyl carbamates (subject to hydrolysis) is 1. The van der Waals surface area contributed by atoms with Crippen molar-refractivity contribution in [2.45, 2.75) is 45.8 Å². The zero-order valence-corrected chi connectivity index (χ0v) is 21.0. The van der Waals surface area contributed by atoms with Gasteiger partial charge >= 0.3 is 6.09 Å². The summed E-state index contributed by atoms with van der Waals surface area (Å²) in [5.41, 5.74) is 11.3. The van der Waals surface area contributed by atoms with Crippen molar-refractivity contribution in [1.82, 2.24) is 34.4 Å². The van der Waals surface area contributed by atoms with Crippen LogP contribution in [-0.4, -0.2) is 41.8 Å². The molecule has 0 saturated heterocycles. The van der Waals surface area contributed by atoms with Crippen molar-refractivity contribution in [2.75, 3.05) is 12.3 Å². The number of carbonyl (C=O) groups excluding carboxylic acids is 1. The number of rotatable bonds is 9. The van der Waals surface area contributed by atoms with Crippen molar-refractivity contribution in [1.29, 1.82) is 0 Å². The minimum Gasteiger partial charge on any atom is -0.450 e. The number of nitrogens with one attached hydrogen (secondary N) is 1. The maximum atomic E-state index is 12.2. The van der Waals surface area contributed by atoms with E-state index >= 15 is 0 Å². The largest absolute Gasteiger partial charge is 0.450 e. The average molecular weight is 499 g/mol. The molecule has 3 N–H and O–H groups in total. The van der Waals surface area contributed by atoms with Gasteiger partial charge in [0.15, 0.2) is 17.3 Å². The Morgan fingerprint density at radius 3 is 2.70 bits per heavy atom. The highest BCUT2D eigenvalue weighted by atomic mass is 16.5. The van der Waals surface area contributed by atoms with E-state index in [1.54, 1.807) is 6.33 Å². The van der Waals surface area contributed by atoms with E-state index in [0.717, 1.165) is 28.6 Å². The number of nitrogens with zero attached hydrogens (tertiary/aromatic N) is 6. The number of anilines is 1. The van der Waals surface area contributed by atoms with Crippen LogP contribution in [0, 0.1) is 0 Å². The van der Waals surface area contributed by atoms with Crippen LogP contribution in [0.25, 0.3) is 33.6 Å². The Hall–Kier alpha value is -4.47. The lowest BCUT2D eigenvalue weighted by molar-refractivity contribution is 0.143. The summed E-state index contributed by atoms with van der Waals surface area (Å²) >= 11 is 0. The maximum absolute atomic E-state index is 12.2. The van der Waals surface area contributed by atoms with Crippen molar-refractivity contribution in [3.05, 3.63) is 66.7 Å². The Morgan fingerprint density at radius 1 is 1.05 bits per heavy atom. The smallest absolute Gasteiger partial charge is 0.407 e. The first kappa shape index (κ1) is 24.2. The molecule has 0 aliphatic carbocycles. The first-order chi connectivity index (χ1) is 18.0. The molecule has 0 spiro atoms. The molecular weight excluding hydrogens is 468 g/mol. The number of unbranched alkanes of at least 4 members (excludes halogenated alkanes) is 1. The van der Waals surface area contributed by atoms with E-state index in [9.17, 15) is 4.79 Å². The normalized spacial score (nSPS) is 11.4. The lowest BCUT2D eigenvalue weighted by Crippen LogP contribution is -2.24. The minimum absolute atomic E-state index is 0.314. The SMILES string of the molecule is CC(C)n1cnc2ccc(CNC(=O)OCCCCn3cnc4c(N)nc(-c5ccccc5)nc43)cc21. The second-order valence-corrected chi connectivity index (χ2v) is 9.17. The number of hydrogen-bond acceptors (Lipinski definition) is 7. The van der Waals surface area contributed by atoms with Gasteiger partial charge in [0.25, 0.3) is 0 Å². The molecule has 0 unspecified atom stereocenters. The van der Waals surface area contributed by atoms with Crippen LogP contribution in [0.3, 0.4) is 0 Å². The molecule has 10 heteroatoms. The van der Waals surface area contributed by atoms with E-state index in [0.29, 0.717) is 55.0 Å². The first-order valence-electron chi connectivity index (χ1n) is 12.4. The van der Waals surface area contributed by atoms with Crippen molar-refractivity contribution in [3.63, 3.8) is 0 Å². The zero-order chi connectivity index (χ0) is 25.8. The highest BCUT2D eigenvalue weighted by Gasteiger charge is 2.13. The second kappa shape index (κ2) is 10.7. The van der Waals surface area contributed by atoms with E-state index in [1.165, 1.54) is 0 Å². The number of carbonyl (C=O) groups is 1. The molecular formula is C27H30N8O2. The quantitative estimate of drug-likeness (QED) is 0.282. The van der Waals surface area contributed by atoms with E-state index < -0.39 is 6.09 Å². The molecule has 10 nitrogen and oxygen atoms in total. The molecule has 0 saturated carbocycles. The summed E-state index contributed by atoms with van der Waals surface area (Å²) in [7, 11) is 0. The van der Waals surface area contributed by atoms with Crippen LogP contribution in [0.1, 0.15) is 38.3 Å². The van der Waals surface area contributed by atoms with Crippen molar-refractivity contribution in [2.24, 2.45) is 0 Å². The molecule has 0 aliphatic heterocycles. The number of benzene rings is 2. The average Bonchev–Trinajstić information content (AvgIpc) is 3.52. The summed E-state index contributed by atoms with van der Waals surface area (Å²) in [6.07, 6.45) is 4.63. The van der Waals surface area contributed by atoms with Gasteiger partial charge in [-0.05, 0) is 44.4 Å². The van der Waals surface area contributed by atoms with Gasteiger partial charge in [-0.1, -0.05) is 36.4 Å². The highest BCUT2D eigenvalue weighted by Crippen LogP contribution is 2.22. The topological polar surface area (TPSA) is 126 Å². The van der Waals surface area contributed by atoms with Gasteiger partial charge in [-0.15, -0.1) is 0 Å². The molecule has 0 bridgehead atoms. The summed E-state index contributed by atoms with van der Waals surface area (Å²) in [5, 5.41) is 2.82. The van der Waals surface area contributed by atoms with Gasteiger partial charge in [-0.2, -0.15) is 0 Å². The van der Waals surface area contributed by atoms with E-state index in [1.807, 2.05) is 53.4 Å². The molecule has 3 aromatic heterocycles. The summed E-state index contributed by atoms with van der Waals surface area (Å²) in [5.74, 6) is 0.926. The van der Waals surface area contributed by atoms with Crippen LogP contribution in [0.15, 0.2) is 61.2 Å². The Bertz CT molecular complexity index is 1520. The molecule has 3 heterocycles. The summed E-state index contributed by atoms with van der Waals surface area (Å²) in [6, 6.07) is 16.0. The van der Waals surface area contributed by atoms with Crippen LogP contribution < -0.4 is 11.1 Å². The standard InChI is InChI=1S/C27H30N8O2/c1-18(2)35-17-30-21-11-10-19(14-22(21)35)15-29-27(36)37-13-7-6-12-34-16-31-23-24(28)32-25(33-26(23)34)20-8-4-3-5-9-20/h3-5,8-11,14,16-18H,6-7,12-13,15H2,1-2H3,(H,29,36)(H2,28,32,33). The lowest BCUT2D eigenvalue weighted by Gasteiger charge is -2.10. The van der Waals surface area contributed by atoms with Crippen molar-refractivity contribution < 1.29 is 9.53 Å². The monoisotopic (exact) mass is 498 g/mol. The van der Waals surface area contributed by atoms with Crippen molar-refractivity contribution >= 4 is 34.1 Å². The van der Waals surface area contributed by atoms with E-state index in [2.05, 4.69) is 49.7 Å². The third-order valence-electron chi connectivity index (χ3n) is 6.18. The predicted molar refractivity (Wildman–Crippen MR) is 143 cm³/mol. The molecule has 0 fully saturated rings. The number of nitrogens with two attached hydrogens (primary N) is 1. The van der Waals surface area contributed by atoms with Gasteiger partial charge in [0.05, 0.1) is 30.3 Å². The predicted octanol–water partition coefficient (Wildman–Crippen LogP) is 4.71. The number of fused-ring (bicyclic) bond motifs is 2. The zero-order valence-electron chi connectivity index (χ0n) is 21.0. The molecule has 0 aliphatic rings. The highest BCUT2D eigenvalue weighted by molar-refractivity contribution is 5.83. The fourth-order valence-electron chi connectivity index (χ4n) is 4.21. The Balaban J connectivity index is 1.10. The third kappa shape index (κ3) is 5.37.